The first-order chi connectivity index (χ1) is 9.49. The maximum Gasteiger partial charge on any atom is 0.228 e. The van der Waals surface area contributed by atoms with Crippen LogP contribution in [0, 0.1) is 13.8 Å². The molecular weight excluding hydrogens is 290 g/mol. The van der Waals surface area contributed by atoms with Crippen LogP contribution in [0.15, 0.2) is 10.6 Å². The third kappa shape index (κ3) is 4.54. The molecule has 0 saturated heterocycles. The highest BCUT2D eigenvalue weighted by atomic mass is 35.5. The maximum atomic E-state index is 5.32. The van der Waals surface area contributed by atoms with E-state index in [9.17, 15) is 0 Å². The topological polar surface area (TPSA) is 68.8 Å². The van der Waals surface area contributed by atoms with E-state index in [4.69, 9.17) is 4.52 Å². The number of nitrogens with zero attached hydrogens (tertiary/aromatic N) is 4. The zero-order valence-electron chi connectivity index (χ0n) is 13.3. The summed E-state index contributed by atoms with van der Waals surface area (Å²) in [6, 6.07) is 2.62. The average molecular weight is 314 g/mol. The van der Waals surface area contributed by atoms with Crippen molar-refractivity contribution in [2.45, 2.75) is 52.6 Å². The second kappa shape index (κ2) is 7.56. The van der Waals surface area contributed by atoms with Crippen LogP contribution < -0.4 is 5.32 Å². The van der Waals surface area contributed by atoms with E-state index in [1.165, 1.54) is 0 Å². The van der Waals surface area contributed by atoms with E-state index < -0.39 is 0 Å². The molecule has 0 radical (unpaired) electrons. The monoisotopic (exact) mass is 313 g/mol. The van der Waals surface area contributed by atoms with Gasteiger partial charge in [-0.15, -0.1) is 12.4 Å². The summed E-state index contributed by atoms with van der Waals surface area (Å²) >= 11 is 0. The standard InChI is InChI=1S/C14H23N5O.ClH/c1-9(15-5)7-13-16-14(20-18-13)8-12(4)19-11(3)6-10(2)17-19;/h6,9,12,15H,7-8H2,1-5H3;1H. The smallest absolute Gasteiger partial charge is 0.228 e. The molecule has 2 heterocycles. The van der Waals surface area contributed by atoms with E-state index in [0.29, 0.717) is 18.4 Å². The van der Waals surface area contributed by atoms with E-state index in [-0.39, 0.29) is 18.4 Å². The first-order valence-corrected chi connectivity index (χ1v) is 7.01. The molecule has 0 spiro atoms. The molecule has 0 aliphatic carbocycles. The third-order valence-electron chi connectivity index (χ3n) is 3.42. The molecule has 118 valence electrons. The summed E-state index contributed by atoms with van der Waals surface area (Å²) in [5.41, 5.74) is 2.18. The number of hydrogen-bond acceptors (Lipinski definition) is 5. The van der Waals surface area contributed by atoms with Crippen LogP contribution in [0.25, 0.3) is 0 Å². The number of hydrogen-bond donors (Lipinski definition) is 1. The molecule has 0 bridgehead atoms. The van der Waals surface area contributed by atoms with Gasteiger partial charge in [-0.3, -0.25) is 4.68 Å². The molecule has 6 nitrogen and oxygen atoms in total. The molecule has 0 aliphatic rings. The van der Waals surface area contributed by atoms with Crippen LogP contribution in [0.2, 0.25) is 0 Å². The lowest BCUT2D eigenvalue weighted by atomic mass is 10.2. The molecule has 1 N–H and O–H groups in total. The molecule has 0 aromatic carbocycles. The Hall–Kier alpha value is -1.40. The van der Waals surface area contributed by atoms with E-state index in [1.807, 2.05) is 18.7 Å². The summed E-state index contributed by atoms with van der Waals surface area (Å²) in [4.78, 5) is 4.44. The number of aromatic nitrogens is 4. The number of halogens is 1. The van der Waals surface area contributed by atoms with Gasteiger partial charge in [0.1, 0.15) is 0 Å². The largest absolute Gasteiger partial charge is 0.339 e. The van der Waals surface area contributed by atoms with Crippen molar-refractivity contribution in [1.82, 2.24) is 25.2 Å². The lowest BCUT2D eigenvalue weighted by molar-refractivity contribution is 0.343. The van der Waals surface area contributed by atoms with Gasteiger partial charge in [0, 0.05) is 24.6 Å². The molecule has 0 saturated carbocycles. The Morgan fingerprint density at radius 3 is 2.57 bits per heavy atom. The normalized spacial score (nSPS) is 13.8. The first-order valence-electron chi connectivity index (χ1n) is 7.01. The van der Waals surface area contributed by atoms with Crippen LogP contribution in [-0.4, -0.2) is 33.0 Å². The predicted octanol–water partition coefficient (Wildman–Crippen LogP) is 2.26. The summed E-state index contributed by atoms with van der Waals surface area (Å²) in [5, 5.41) is 11.7. The molecule has 0 amide bonds. The Kier molecular flexibility index (Phi) is 6.36. The van der Waals surface area contributed by atoms with Crippen molar-refractivity contribution in [2.75, 3.05) is 7.05 Å². The van der Waals surface area contributed by atoms with Gasteiger partial charge in [0.15, 0.2) is 5.82 Å². The van der Waals surface area contributed by atoms with Gasteiger partial charge in [0.05, 0.1) is 11.7 Å². The summed E-state index contributed by atoms with van der Waals surface area (Å²) in [7, 11) is 1.93. The Labute approximate surface area is 131 Å². The van der Waals surface area contributed by atoms with Crippen molar-refractivity contribution < 1.29 is 4.52 Å². The van der Waals surface area contributed by atoms with Crippen LogP contribution in [0.1, 0.15) is 43.0 Å². The highest BCUT2D eigenvalue weighted by Crippen LogP contribution is 2.15. The summed E-state index contributed by atoms with van der Waals surface area (Å²) in [5.74, 6) is 1.42. The number of nitrogens with one attached hydrogen (secondary N) is 1. The van der Waals surface area contributed by atoms with Gasteiger partial charge < -0.3 is 9.84 Å². The Bertz CT molecular complexity index is 565. The van der Waals surface area contributed by atoms with E-state index in [0.717, 1.165) is 23.6 Å². The highest BCUT2D eigenvalue weighted by molar-refractivity contribution is 5.85. The van der Waals surface area contributed by atoms with Crippen molar-refractivity contribution in [3.8, 4) is 0 Å². The van der Waals surface area contributed by atoms with Crippen molar-refractivity contribution >= 4 is 12.4 Å². The molecule has 2 aromatic heterocycles. The highest BCUT2D eigenvalue weighted by Gasteiger charge is 2.15. The van der Waals surface area contributed by atoms with Gasteiger partial charge in [0.25, 0.3) is 0 Å². The fourth-order valence-electron chi connectivity index (χ4n) is 2.26. The molecule has 7 heteroatoms. The lowest BCUT2D eigenvalue weighted by Gasteiger charge is -2.11. The summed E-state index contributed by atoms with van der Waals surface area (Å²) in [6.07, 6.45) is 1.47. The molecule has 2 rings (SSSR count). The number of likely N-dealkylation sites (N-methyl/N-ethyl adjacent to an activating group) is 1. The fourth-order valence-corrected chi connectivity index (χ4v) is 2.26. The third-order valence-corrected chi connectivity index (χ3v) is 3.42. The number of rotatable bonds is 6. The quantitative estimate of drug-likeness (QED) is 0.886. The molecular formula is C14H24ClN5O. The predicted molar refractivity (Wildman–Crippen MR) is 83.9 cm³/mol. The zero-order valence-corrected chi connectivity index (χ0v) is 14.1. The molecule has 0 fully saturated rings. The molecule has 0 aliphatic heterocycles. The molecule has 2 aromatic rings. The van der Waals surface area contributed by atoms with E-state index in [1.54, 1.807) is 0 Å². The summed E-state index contributed by atoms with van der Waals surface area (Å²) < 4.78 is 7.33. The van der Waals surface area contributed by atoms with Gasteiger partial charge in [-0.1, -0.05) is 5.16 Å². The van der Waals surface area contributed by atoms with Gasteiger partial charge in [0.2, 0.25) is 5.89 Å². The second-order valence-electron chi connectivity index (χ2n) is 5.42. The second-order valence-corrected chi connectivity index (χ2v) is 5.42. The average Bonchev–Trinajstić information content (AvgIpc) is 2.95. The first kappa shape index (κ1) is 17.7. The van der Waals surface area contributed by atoms with Gasteiger partial charge in [-0.25, -0.2) is 0 Å². The molecule has 21 heavy (non-hydrogen) atoms. The lowest BCUT2D eigenvalue weighted by Crippen LogP contribution is -2.24. The maximum absolute atomic E-state index is 5.32. The van der Waals surface area contributed by atoms with Crippen LogP contribution in [0.3, 0.4) is 0 Å². The minimum absolute atomic E-state index is 0. The van der Waals surface area contributed by atoms with Crippen molar-refractivity contribution in [2.24, 2.45) is 0 Å². The van der Waals surface area contributed by atoms with Gasteiger partial charge in [-0.2, -0.15) is 10.1 Å². The minimum atomic E-state index is 0. The Morgan fingerprint density at radius 2 is 2.00 bits per heavy atom. The molecule has 2 atom stereocenters. The van der Waals surface area contributed by atoms with E-state index in [2.05, 4.69) is 47.4 Å². The SMILES string of the molecule is CNC(C)Cc1noc(CC(C)n2nc(C)cc2C)n1.Cl. The number of aryl methyl sites for hydroxylation is 2. The Balaban J connectivity index is 0.00000220. The van der Waals surface area contributed by atoms with Crippen LogP contribution in [-0.2, 0) is 12.8 Å². The zero-order chi connectivity index (χ0) is 14.7. The van der Waals surface area contributed by atoms with Gasteiger partial charge in [-0.05, 0) is 40.8 Å². The van der Waals surface area contributed by atoms with Gasteiger partial charge >= 0.3 is 0 Å². The van der Waals surface area contributed by atoms with E-state index >= 15 is 0 Å². The van der Waals surface area contributed by atoms with Crippen LogP contribution in [0.4, 0.5) is 0 Å². The van der Waals surface area contributed by atoms with Crippen molar-refractivity contribution in [3.05, 3.63) is 29.2 Å². The molecule has 2 unspecified atom stereocenters. The fraction of sp³-hybridized carbons (Fsp3) is 0.643. The summed E-state index contributed by atoms with van der Waals surface area (Å²) in [6.45, 7) is 8.26. The Morgan fingerprint density at radius 1 is 1.29 bits per heavy atom. The van der Waals surface area contributed by atoms with Crippen LogP contribution >= 0.6 is 12.4 Å². The van der Waals surface area contributed by atoms with Crippen LogP contribution in [0.5, 0.6) is 0 Å². The van der Waals surface area contributed by atoms with Crippen molar-refractivity contribution in [3.63, 3.8) is 0 Å². The van der Waals surface area contributed by atoms with Crippen molar-refractivity contribution in [1.29, 1.82) is 0 Å². The minimum Gasteiger partial charge on any atom is -0.339 e.